The Hall–Kier alpha value is -3.47. The number of piperidine rings is 1. The van der Waals surface area contributed by atoms with Gasteiger partial charge >= 0.3 is 12.3 Å². The molecule has 1 heterocycles. The number of nitrogens with zero attached hydrogens (tertiary/aromatic N) is 2. The standard InChI is InChI=1S/C25H25F5N2O4/c1-2-35-24(34)19(23(33)17-12-20(26)22(27)21(13-17)36-25(28,29)30)14-31-18-8-6-7-16(11-18)15-32-9-4-3-5-10-32/h6-8,11-14,33H,2-5,9-10,15H2,1H3. The van der Waals surface area contributed by atoms with Crippen LogP contribution in [0.25, 0.3) is 5.76 Å². The predicted molar refractivity (Wildman–Crippen MR) is 123 cm³/mol. The molecule has 2 aromatic carbocycles. The molecule has 0 saturated carbocycles. The molecule has 0 bridgehead atoms. The zero-order chi connectivity index (χ0) is 26.3. The van der Waals surface area contributed by atoms with Crippen LogP contribution in [0.2, 0.25) is 0 Å². The van der Waals surface area contributed by atoms with E-state index in [9.17, 15) is 31.9 Å². The molecule has 0 unspecified atom stereocenters. The molecule has 194 valence electrons. The highest BCUT2D eigenvalue weighted by atomic mass is 19.4. The van der Waals surface area contributed by atoms with Crippen LogP contribution in [0.4, 0.5) is 27.6 Å². The number of aliphatic imine (C=N–C) groups is 1. The van der Waals surface area contributed by atoms with Crippen LogP contribution in [0.1, 0.15) is 37.3 Å². The molecule has 2 aromatic rings. The first-order valence-electron chi connectivity index (χ1n) is 11.3. The average molecular weight is 512 g/mol. The van der Waals surface area contributed by atoms with Crippen molar-refractivity contribution in [2.75, 3.05) is 19.7 Å². The third kappa shape index (κ3) is 7.51. The van der Waals surface area contributed by atoms with Gasteiger partial charge in [0, 0.05) is 18.3 Å². The number of halogens is 5. The number of hydrogen-bond donors (Lipinski definition) is 1. The van der Waals surface area contributed by atoms with E-state index in [-0.39, 0.29) is 6.61 Å². The van der Waals surface area contributed by atoms with Gasteiger partial charge in [-0.05, 0) is 62.7 Å². The average Bonchev–Trinajstić information content (AvgIpc) is 2.82. The van der Waals surface area contributed by atoms with E-state index in [0.29, 0.717) is 24.4 Å². The smallest absolute Gasteiger partial charge is 0.506 e. The summed E-state index contributed by atoms with van der Waals surface area (Å²) in [5.74, 6) is -7.15. The lowest BCUT2D eigenvalue weighted by Crippen LogP contribution is -2.28. The third-order valence-corrected chi connectivity index (χ3v) is 5.35. The molecule has 0 amide bonds. The monoisotopic (exact) mass is 512 g/mol. The zero-order valence-corrected chi connectivity index (χ0v) is 19.4. The van der Waals surface area contributed by atoms with Crippen LogP contribution in [0.3, 0.4) is 0 Å². The molecule has 36 heavy (non-hydrogen) atoms. The van der Waals surface area contributed by atoms with Gasteiger partial charge in [0.1, 0.15) is 11.3 Å². The lowest BCUT2D eigenvalue weighted by Gasteiger charge is -2.26. The molecule has 1 aliphatic heterocycles. The third-order valence-electron chi connectivity index (χ3n) is 5.35. The summed E-state index contributed by atoms with van der Waals surface area (Å²) in [6.45, 7) is 4.11. The Morgan fingerprint density at radius 1 is 1.14 bits per heavy atom. The van der Waals surface area contributed by atoms with Crippen molar-refractivity contribution in [2.24, 2.45) is 4.99 Å². The SMILES string of the molecule is CCOC(=O)C(C=Nc1cccc(CN2CCCCC2)c1)=C(O)c1cc(F)c(F)c(OC(F)(F)F)c1. The van der Waals surface area contributed by atoms with Gasteiger partial charge in [-0.2, -0.15) is 4.39 Å². The molecule has 1 aliphatic rings. The number of rotatable bonds is 8. The summed E-state index contributed by atoms with van der Waals surface area (Å²) in [4.78, 5) is 19.0. The number of carbonyl (C=O) groups excluding carboxylic acids is 1. The van der Waals surface area contributed by atoms with Crippen molar-refractivity contribution in [1.29, 1.82) is 0 Å². The van der Waals surface area contributed by atoms with Gasteiger partial charge in [-0.3, -0.25) is 9.89 Å². The second kappa shape index (κ2) is 12.0. The second-order valence-corrected chi connectivity index (χ2v) is 8.07. The fourth-order valence-corrected chi connectivity index (χ4v) is 3.72. The maximum atomic E-state index is 14.0. The lowest BCUT2D eigenvalue weighted by molar-refractivity contribution is -0.275. The van der Waals surface area contributed by atoms with E-state index in [1.807, 2.05) is 6.07 Å². The van der Waals surface area contributed by atoms with E-state index in [4.69, 9.17) is 4.74 Å². The second-order valence-electron chi connectivity index (χ2n) is 8.07. The Kier molecular flexibility index (Phi) is 9.03. The summed E-state index contributed by atoms with van der Waals surface area (Å²) in [6, 6.07) is 8.00. The fourth-order valence-electron chi connectivity index (χ4n) is 3.72. The number of benzene rings is 2. The minimum absolute atomic E-state index is 0.0883. The normalized spacial score (nSPS) is 15.6. The highest BCUT2D eigenvalue weighted by molar-refractivity contribution is 6.15. The van der Waals surface area contributed by atoms with Crippen molar-refractivity contribution in [3.05, 3.63) is 64.7 Å². The molecule has 0 aliphatic carbocycles. The number of ether oxygens (including phenoxy) is 2. The van der Waals surface area contributed by atoms with E-state index in [2.05, 4.69) is 14.6 Å². The first-order chi connectivity index (χ1) is 17.1. The van der Waals surface area contributed by atoms with Gasteiger partial charge in [0.2, 0.25) is 5.82 Å². The Morgan fingerprint density at radius 3 is 2.53 bits per heavy atom. The van der Waals surface area contributed by atoms with E-state index >= 15 is 0 Å². The van der Waals surface area contributed by atoms with Gasteiger partial charge in [-0.15, -0.1) is 13.2 Å². The predicted octanol–water partition coefficient (Wildman–Crippen LogP) is 6.08. The van der Waals surface area contributed by atoms with Gasteiger partial charge in [-0.1, -0.05) is 18.6 Å². The van der Waals surface area contributed by atoms with Crippen LogP contribution in [-0.2, 0) is 16.1 Å². The van der Waals surface area contributed by atoms with Crippen LogP contribution >= 0.6 is 0 Å². The maximum Gasteiger partial charge on any atom is 0.573 e. The zero-order valence-electron chi connectivity index (χ0n) is 19.4. The van der Waals surface area contributed by atoms with E-state index in [0.717, 1.165) is 37.7 Å². The quantitative estimate of drug-likeness (QED) is 0.153. The van der Waals surface area contributed by atoms with E-state index in [1.54, 1.807) is 18.2 Å². The molecule has 1 fully saturated rings. The molecule has 0 spiro atoms. The van der Waals surface area contributed by atoms with Gasteiger partial charge in [0.25, 0.3) is 0 Å². The van der Waals surface area contributed by atoms with Crippen molar-refractivity contribution >= 4 is 23.6 Å². The minimum Gasteiger partial charge on any atom is -0.506 e. The topological polar surface area (TPSA) is 71.4 Å². The number of aliphatic hydroxyl groups is 1. The van der Waals surface area contributed by atoms with Crippen LogP contribution < -0.4 is 4.74 Å². The van der Waals surface area contributed by atoms with Gasteiger partial charge in [0.05, 0.1) is 12.3 Å². The van der Waals surface area contributed by atoms with Crippen LogP contribution in [-0.4, -0.2) is 48.2 Å². The summed E-state index contributed by atoms with van der Waals surface area (Å²) in [7, 11) is 0. The Balaban J connectivity index is 1.94. The molecule has 6 nitrogen and oxygen atoms in total. The molecule has 0 atom stereocenters. The first-order valence-corrected chi connectivity index (χ1v) is 11.3. The number of hydrogen-bond acceptors (Lipinski definition) is 6. The summed E-state index contributed by atoms with van der Waals surface area (Å²) in [5.41, 5.74) is 0.209. The Bertz CT molecular complexity index is 1140. The molecular weight excluding hydrogens is 487 g/mol. The van der Waals surface area contributed by atoms with Gasteiger partial charge in [0.15, 0.2) is 11.6 Å². The largest absolute Gasteiger partial charge is 0.573 e. The van der Waals surface area contributed by atoms with Gasteiger partial charge < -0.3 is 14.6 Å². The van der Waals surface area contributed by atoms with Crippen molar-refractivity contribution in [1.82, 2.24) is 4.90 Å². The molecular formula is C25H25F5N2O4. The number of likely N-dealkylation sites (tertiary alicyclic amines) is 1. The summed E-state index contributed by atoms with van der Waals surface area (Å²) in [5, 5.41) is 10.6. The maximum absolute atomic E-state index is 14.0. The van der Waals surface area contributed by atoms with E-state index in [1.165, 1.54) is 13.3 Å². The molecule has 1 saturated heterocycles. The van der Waals surface area contributed by atoms with Crippen molar-refractivity contribution in [2.45, 2.75) is 39.1 Å². The molecule has 3 rings (SSSR count). The number of aliphatic hydroxyl groups excluding tert-OH is 1. The summed E-state index contributed by atoms with van der Waals surface area (Å²) < 4.78 is 73.9. The van der Waals surface area contributed by atoms with Gasteiger partial charge in [-0.25, -0.2) is 9.18 Å². The lowest BCUT2D eigenvalue weighted by atomic mass is 10.1. The van der Waals surface area contributed by atoms with Crippen molar-refractivity contribution in [3.63, 3.8) is 0 Å². The summed E-state index contributed by atoms with van der Waals surface area (Å²) >= 11 is 0. The highest BCUT2D eigenvalue weighted by Crippen LogP contribution is 2.31. The van der Waals surface area contributed by atoms with Crippen LogP contribution in [0, 0.1) is 11.6 Å². The molecule has 11 heteroatoms. The summed E-state index contributed by atoms with van der Waals surface area (Å²) in [6.07, 6.45) is -0.890. The number of alkyl halides is 3. The molecule has 1 N–H and O–H groups in total. The van der Waals surface area contributed by atoms with Crippen LogP contribution in [0.15, 0.2) is 47.0 Å². The highest BCUT2D eigenvalue weighted by Gasteiger charge is 2.33. The van der Waals surface area contributed by atoms with Crippen molar-refractivity contribution < 1.29 is 41.3 Å². The van der Waals surface area contributed by atoms with Crippen LogP contribution in [0.5, 0.6) is 5.75 Å². The van der Waals surface area contributed by atoms with E-state index < -0.39 is 46.6 Å². The molecule has 0 aromatic heterocycles. The minimum atomic E-state index is -5.31. The van der Waals surface area contributed by atoms with Crippen molar-refractivity contribution in [3.8, 4) is 5.75 Å². The Morgan fingerprint density at radius 2 is 1.86 bits per heavy atom. The number of esters is 1. The molecule has 0 radical (unpaired) electrons. The Labute approximate surface area is 204 Å². The number of carbonyl (C=O) groups is 1. The fraction of sp³-hybridized carbons (Fsp3) is 0.360. The first kappa shape index (κ1) is 27.1.